The van der Waals surface area contributed by atoms with Crippen molar-refractivity contribution < 1.29 is 9.21 Å². The molecule has 29 heavy (non-hydrogen) atoms. The molecule has 4 aromatic rings. The SMILES string of the molecule is O=C(CSc1ccc(Cl)cc1)Nc1cccc(-c2cc3ccccc3oc2=O)c1. The normalized spacial score (nSPS) is 10.8. The minimum Gasteiger partial charge on any atom is -0.422 e. The Bertz CT molecular complexity index is 1230. The largest absolute Gasteiger partial charge is 0.422 e. The van der Waals surface area contributed by atoms with Crippen LogP contribution in [0.4, 0.5) is 5.69 Å². The lowest BCUT2D eigenvalue weighted by molar-refractivity contribution is -0.113. The van der Waals surface area contributed by atoms with E-state index in [9.17, 15) is 9.59 Å². The number of para-hydroxylation sites is 1. The molecule has 3 aromatic carbocycles. The standard InChI is InChI=1S/C23H16ClNO3S/c24-17-8-10-19(11-9-17)29-14-22(26)25-18-6-3-5-15(12-18)20-13-16-4-1-2-7-21(16)28-23(20)27/h1-13H,14H2,(H,25,26). The molecule has 0 aliphatic rings. The van der Waals surface area contributed by atoms with E-state index in [1.165, 1.54) is 11.8 Å². The van der Waals surface area contributed by atoms with Crippen molar-refractivity contribution >= 4 is 45.9 Å². The van der Waals surface area contributed by atoms with Gasteiger partial charge in [0.1, 0.15) is 5.58 Å². The Kier molecular flexibility index (Phi) is 5.69. The number of carbonyl (C=O) groups excluding carboxylic acids is 1. The fourth-order valence-electron chi connectivity index (χ4n) is 2.90. The maximum absolute atomic E-state index is 12.4. The minimum absolute atomic E-state index is 0.132. The smallest absolute Gasteiger partial charge is 0.344 e. The summed E-state index contributed by atoms with van der Waals surface area (Å²) < 4.78 is 5.41. The molecular weight excluding hydrogens is 406 g/mol. The van der Waals surface area contributed by atoms with Gasteiger partial charge in [0.15, 0.2) is 0 Å². The van der Waals surface area contributed by atoms with E-state index in [-0.39, 0.29) is 11.7 Å². The summed E-state index contributed by atoms with van der Waals surface area (Å²) in [5, 5.41) is 4.38. The molecule has 0 fully saturated rings. The van der Waals surface area contributed by atoms with Crippen LogP contribution in [0.25, 0.3) is 22.1 Å². The number of thioether (sulfide) groups is 1. The maximum Gasteiger partial charge on any atom is 0.344 e. The molecule has 144 valence electrons. The molecule has 1 amide bonds. The van der Waals surface area contributed by atoms with Crippen LogP contribution in [-0.2, 0) is 4.79 Å². The van der Waals surface area contributed by atoms with E-state index in [0.717, 1.165) is 10.3 Å². The monoisotopic (exact) mass is 421 g/mol. The fraction of sp³-hybridized carbons (Fsp3) is 0.0435. The molecule has 0 saturated carbocycles. The van der Waals surface area contributed by atoms with Crippen molar-refractivity contribution in [1.29, 1.82) is 0 Å². The first kappa shape index (κ1) is 19.3. The fourth-order valence-corrected chi connectivity index (χ4v) is 3.73. The molecule has 6 heteroatoms. The molecule has 0 spiro atoms. The van der Waals surface area contributed by atoms with Gasteiger partial charge in [-0.15, -0.1) is 11.8 Å². The Morgan fingerprint density at radius 2 is 1.76 bits per heavy atom. The summed E-state index contributed by atoms with van der Waals surface area (Å²) in [6.45, 7) is 0. The summed E-state index contributed by atoms with van der Waals surface area (Å²) in [6, 6.07) is 23.7. The second kappa shape index (κ2) is 8.55. The van der Waals surface area contributed by atoms with Gasteiger partial charge in [-0.2, -0.15) is 0 Å². The lowest BCUT2D eigenvalue weighted by Gasteiger charge is -2.08. The first-order chi connectivity index (χ1) is 14.1. The molecule has 1 aromatic heterocycles. The lowest BCUT2D eigenvalue weighted by Crippen LogP contribution is -2.14. The van der Waals surface area contributed by atoms with Crippen LogP contribution < -0.4 is 10.9 Å². The van der Waals surface area contributed by atoms with Crippen molar-refractivity contribution in [2.24, 2.45) is 0 Å². The number of benzene rings is 3. The number of nitrogens with one attached hydrogen (secondary N) is 1. The third-order valence-corrected chi connectivity index (χ3v) is 5.55. The van der Waals surface area contributed by atoms with Crippen LogP contribution in [0.1, 0.15) is 0 Å². The van der Waals surface area contributed by atoms with Gasteiger partial charge in [0, 0.05) is 21.0 Å². The highest BCUT2D eigenvalue weighted by Crippen LogP contribution is 2.24. The Hall–Kier alpha value is -3.02. The van der Waals surface area contributed by atoms with E-state index in [2.05, 4.69) is 5.32 Å². The number of rotatable bonds is 5. The first-order valence-electron chi connectivity index (χ1n) is 8.90. The van der Waals surface area contributed by atoms with E-state index < -0.39 is 5.63 Å². The number of hydrogen-bond acceptors (Lipinski definition) is 4. The van der Waals surface area contributed by atoms with Crippen LogP contribution in [0.2, 0.25) is 5.02 Å². The number of carbonyl (C=O) groups is 1. The van der Waals surface area contributed by atoms with Gasteiger partial charge >= 0.3 is 5.63 Å². The van der Waals surface area contributed by atoms with Crippen molar-refractivity contribution in [3.8, 4) is 11.1 Å². The summed E-state index contributed by atoms with van der Waals surface area (Å²) >= 11 is 7.30. The number of anilines is 1. The zero-order valence-corrected chi connectivity index (χ0v) is 16.8. The number of fused-ring (bicyclic) bond motifs is 1. The van der Waals surface area contributed by atoms with Crippen LogP contribution in [0.15, 0.2) is 93.0 Å². The molecule has 0 saturated heterocycles. The van der Waals surface area contributed by atoms with Crippen molar-refractivity contribution in [3.05, 3.63) is 94.3 Å². The van der Waals surface area contributed by atoms with Crippen molar-refractivity contribution in [2.75, 3.05) is 11.1 Å². The number of amides is 1. The van der Waals surface area contributed by atoms with Gasteiger partial charge in [0.05, 0.1) is 11.3 Å². The molecule has 1 heterocycles. The summed E-state index contributed by atoms with van der Waals surface area (Å²) in [5.74, 6) is 0.136. The molecule has 4 rings (SSSR count). The maximum atomic E-state index is 12.4. The van der Waals surface area contributed by atoms with Crippen LogP contribution in [-0.4, -0.2) is 11.7 Å². The minimum atomic E-state index is -0.412. The Balaban J connectivity index is 1.50. The lowest BCUT2D eigenvalue weighted by atomic mass is 10.1. The zero-order chi connectivity index (χ0) is 20.2. The van der Waals surface area contributed by atoms with E-state index in [0.29, 0.717) is 27.4 Å². The topological polar surface area (TPSA) is 59.3 Å². The highest BCUT2D eigenvalue weighted by Gasteiger charge is 2.10. The Morgan fingerprint density at radius 3 is 2.59 bits per heavy atom. The highest BCUT2D eigenvalue weighted by molar-refractivity contribution is 8.00. The summed E-state index contributed by atoms with van der Waals surface area (Å²) in [5.41, 5.74) is 1.90. The molecule has 1 N–H and O–H groups in total. The van der Waals surface area contributed by atoms with Gasteiger partial charge in [0.25, 0.3) is 0 Å². The van der Waals surface area contributed by atoms with Gasteiger partial charge in [-0.25, -0.2) is 4.79 Å². The average Bonchev–Trinajstić information content (AvgIpc) is 2.73. The van der Waals surface area contributed by atoms with E-state index in [1.807, 2.05) is 36.4 Å². The van der Waals surface area contributed by atoms with Gasteiger partial charge < -0.3 is 9.73 Å². The number of halogens is 1. The van der Waals surface area contributed by atoms with Gasteiger partial charge in [-0.3, -0.25) is 4.79 Å². The quantitative estimate of drug-likeness (QED) is 0.324. The van der Waals surface area contributed by atoms with Gasteiger partial charge in [-0.1, -0.05) is 41.9 Å². The molecule has 0 aliphatic carbocycles. The van der Waals surface area contributed by atoms with E-state index in [1.54, 1.807) is 42.5 Å². The van der Waals surface area contributed by atoms with E-state index >= 15 is 0 Å². The second-order valence-electron chi connectivity index (χ2n) is 6.36. The molecule has 0 unspecified atom stereocenters. The average molecular weight is 422 g/mol. The van der Waals surface area contributed by atoms with Crippen LogP contribution in [0.5, 0.6) is 0 Å². The predicted molar refractivity (Wildman–Crippen MR) is 119 cm³/mol. The third kappa shape index (κ3) is 4.70. The van der Waals surface area contributed by atoms with Crippen molar-refractivity contribution in [2.45, 2.75) is 4.90 Å². The first-order valence-corrected chi connectivity index (χ1v) is 10.3. The van der Waals surface area contributed by atoms with Crippen LogP contribution >= 0.6 is 23.4 Å². The van der Waals surface area contributed by atoms with Gasteiger partial charge in [-0.05, 0) is 54.1 Å². The molecule has 0 bridgehead atoms. The van der Waals surface area contributed by atoms with Crippen LogP contribution in [0, 0.1) is 0 Å². The van der Waals surface area contributed by atoms with Crippen molar-refractivity contribution in [3.63, 3.8) is 0 Å². The summed E-state index contributed by atoms with van der Waals surface area (Å²) in [7, 11) is 0. The number of hydrogen-bond donors (Lipinski definition) is 1. The van der Waals surface area contributed by atoms with E-state index in [4.69, 9.17) is 16.0 Å². The molecular formula is C23H16ClNO3S. The molecule has 0 atom stereocenters. The Labute approximate surface area is 176 Å². The third-order valence-electron chi connectivity index (χ3n) is 4.28. The summed E-state index contributed by atoms with van der Waals surface area (Å²) in [4.78, 5) is 25.7. The van der Waals surface area contributed by atoms with Gasteiger partial charge in [0.2, 0.25) is 5.91 Å². The molecule has 0 radical (unpaired) electrons. The van der Waals surface area contributed by atoms with Crippen molar-refractivity contribution in [1.82, 2.24) is 0 Å². The molecule has 4 nitrogen and oxygen atoms in total. The summed E-state index contributed by atoms with van der Waals surface area (Å²) in [6.07, 6.45) is 0. The Morgan fingerprint density at radius 1 is 0.966 bits per heavy atom. The zero-order valence-electron chi connectivity index (χ0n) is 15.2. The second-order valence-corrected chi connectivity index (χ2v) is 7.84. The molecule has 0 aliphatic heterocycles. The highest BCUT2D eigenvalue weighted by atomic mass is 35.5. The predicted octanol–water partition coefficient (Wildman–Crippen LogP) is 5.84. The van der Waals surface area contributed by atoms with Crippen LogP contribution in [0.3, 0.4) is 0 Å².